The number of fused-ring (bicyclic) bond motifs is 1. The summed E-state index contributed by atoms with van der Waals surface area (Å²) in [4.78, 5) is 11.9. The Bertz CT molecular complexity index is 836. The zero-order chi connectivity index (χ0) is 15.4. The van der Waals surface area contributed by atoms with E-state index in [4.69, 9.17) is 4.42 Å². The van der Waals surface area contributed by atoms with E-state index in [1.807, 2.05) is 48.5 Å². The molecule has 4 heteroatoms. The summed E-state index contributed by atoms with van der Waals surface area (Å²) >= 11 is 3.45. The van der Waals surface area contributed by atoms with Crippen LogP contribution in [0, 0.1) is 0 Å². The number of nitrogens with one attached hydrogen (secondary N) is 1. The van der Waals surface area contributed by atoms with Crippen molar-refractivity contribution < 1.29 is 9.21 Å². The van der Waals surface area contributed by atoms with Gasteiger partial charge < -0.3 is 9.73 Å². The predicted molar refractivity (Wildman–Crippen MR) is 91.2 cm³/mol. The molecule has 3 aromatic rings. The minimum atomic E-state index is -0.129. The van der Waals surface area contributed by atoms with Crippen LogP contribution in [0.4, 0.5) is 0 Å². The first-order chi connectivity index (χ1) is 10.7. The van der Waals surface area contributed by atoms with Crippen LogP contribution >= 0.6 is 15.9 Å². The molecule has 3 nitrogen and oxygen atoms in total. The van der Waals surface area contributed by atoms with Crippen LogP contribution in [0.2, 0.25) is 0 Å². The smallest absolute Gasteiger partial charge is 0.244 e. The first-order valence-corrected chi connectivity index (χ1v) is 7.68. The zero-order valence-corrected chi connectivity index (χ0v) is 13.3. The molecule has 0 aliphatic carbocycles. The van der Waals surface area contributed by atoms with Gasteiger partial charge in [-0.1, -0.05) is 46.3 Å². The third-order valence-corrected chi connectivity index (χ3v) is 4.03. The second kappa shape index (κ2) is 6.62. The van der Waals surface area contributed by atoms with Crippen molar-refractivity contribution in [2.24, 2.45) is 0 Å². The molecular weight excluding hydrogens is 342 g/mol. The number of carbonyl (C=O) groups excluding carboxylic acids is 1. The number of hydrogen-bond acceptors (Lipinski definition) is 2. The Balaban J connectivity index is 1.61. The molecule has 1 N–H and O–H groups in total. The fourth-order valence-corrected chi connectivity index (χ4v) is 2.55. The van der Waals surface area contributed by atoms with Gasteiger partial charge in [0.25, 0.3) is 0 Å². The van der Waals surface area contributed by atoms with E-state index in [9.17, 15) is 4.79 Å². The van der Waals surface area contributed by atoms with Gasteiger partial charge in [-0.15, -0.1) is 0 Å². The highest BCUT2D eigenvalue weighted by Crippen LogP contribution is 2.18. The maximum absolute atomic E-state index is 11.9. The van der Waals surface area contributed by atoms with Crippen molar-refractivity contribution in [1.82, 2.24) is 5.32 Å². The van der Waals surface area contributed by atoms with Crippen molar-refractivity contribution in [2.45, 2.75) is 6.54 Å². The molecule has 2 aromatic carbocycles. The Morgan fingerprint density at radius 3 is 2.91 bits per heavy atom. The summed E-state index contributed by atoms with van der Waals surface area (Å²) in [5.74, 6) is -0.129. The lowest BCUT2D eigenvalue weighted by Gasteiger charge is -2.03. The highest BCUT2D eigenvalue weighted by Gasteiger charge is 2.01. The Morgan fingerprint density at radius 1 is 1.18 bits per heavy atom. The molecule has 1 amide bonds. The Hall–Kier alpha value is -2.33. The van der Waals surface area contributed by atoms with Crippen molar-refractivity contribution in [3.05, 3.63) is 76.5 Å². The summed E-state index contributed by atoms with van der Waals surface area (Å²) in [6.07, 6.45) is 4.98. The maximum Gasteiger partial charge on any atom is 0.244 e. The molecule has 110 valence electrons. The van der Waals surface area contributed by atoms with E-state index in [0.717, 1.165) is 26.6 Å². The van der Waals surface area contributed by atoms with E-state index >= 15 is 0 Å². The SMILES string of the molecule is O=C(/C=C/c1ccccc1Br)NCc1ccc2ccoc2c1. The normalized spacial score (nSPS) is 11.1. The zero-order valence-electron chi connectivity index (χ0n) is 11.8. The van der Waals surface area contributed by atoms with Crippen LogP contribution < -0.4 is 5.32 Å². The molecule has 1 aromatic heterocycles. The topological polar surface area (TPSA) is 42.2 Å². The quantitative estimate of drug-likeness (QED) is 0.698. The van der Waals surface area contributed by atoms with E-state index < -0.39 is 0 Å². The molecule has 0 radical (unpaired) electrons. The highest BCUT2D eigenvalue weighted by atomic mass is 79.9. The van der Waals surface area contributed by atoms with Gasteiger partial charge in [0.2, 0.25) is 5.91 Å². The van der Waals surface area contributed by atoms with Gasteiger partial charge in [0, 0.05) is 22.5 Å². The van der Waals surface area contributed by atoms with Crippen LogP contribution in [0.5, 0.6) is 0 Å². The van der Waals surface area contributed by atoms with Gasteiger partial charge >= 0.3 is 0 Å². The summed E-state index contributed by atoms with van der Waals surface area (Å²) in [7, 11) is 0. The third kappa shape index (κ3) is 3.46. The van der Waals surface area contributed by atoms with E-state index in [1.54, 1.807) is 12.3 Å². The molecule has 0 saturated heterocycles. The Kier molecular flexibility index (Phi) is 4.39. The number of benzene rings is 2. The van der Waals surface area contributed by atoms with Gasteiger partial charge in [0.15, 0.2) is 0 Å². The van der Waals surface area contributed by atoms with E-state index in [2.05, 4.69) is 21.2 Å². The van der Waals surface area contributed by atoms with Crippen molar-refractivity contribution in [3.8, 4) is 0 Å². The van der Waals surface area contributed by atoms with Gasteiger partial charge in [-0.05, 0) is 35.4 Å². The molecule has 0 saturated carbocycles. The number of amides is 1. The third-order valence-electron chi connectivity index (χ3n) is 3.31. The van der Waals surface area contributed by atoms with Crippen molar-refractivity contribution in [3.63, 3.8) is 0 Å². The number of halogens is 1. The first kappa shape index (κ1) is 14.6. The lowest BCUT2D eigenvalue weighted by molar-refractivity contribution is -0.116. The number of hydrogen-bond donors (Lipinski definition) is 1. The summed E-state index contributed by atoms with van der Waals surface area (Å²) in [5.41, 5.74) is 2.80. The van der Waals surface area contributed by atoms with Crippen LogP contribution in [-0.4, -0.2) is 5.91 Å². The van der Waals surface area contributed by atoms with Gasteiger partial charge in [0.1, 0.15) is 5.58 Å². The van der Waals surface area contributed by atoms with E-state index in [0.29, 0.717) is 6.54 Å². The molecule has 1 heterocycles. The predicted octanol–water partition coefficient (Wildman–Crippen LogP) is 4.52. The van der Waals surface area contributed by atoms with Crippen LogP contribution in [0.1, 0.15) is 11.1 Å². The molecule has 0 atom stereocenters. The molecule has 0 bridgehead atoms. The summed E-state index contributed by atoms with van der Waals surface area (Å²) in [5, 5.41) is 3.92. The van der Waals surface area contributed by atoms with E-state index in [1.165, 1.54) is 6.08 Å². The summed E-state index contributed by atoms with van der Waals surface area (Å²) < 4.78 is 6.31. The highest BCUT2D eigenvalue weighted by molar-refractivity contribution is 9.10. The minimum Gasteiger partial charge on any atom is -0.464 e. The summed E-state index contributed by atoms with van der Waals surface area (Å²) in [6, 6.07) is 15.6. The van der Waals surface area contributed by atoms with Crippen LogP contribution in [-0.2, 0) is 11.3 Å². The summed E-state index contributed by atoms with van der Waals surface area (Å²) in [6.45, 7) is 0.468. The molecule has 0 fully saturated rings. The molecule has 0 unspecified atom stereocenters. The van der Waals surface area contributed by atoms with E-state index in [-0.39, 0.29) is 5.91 Å². The van der Waals surface area contributed by atoms with Gasteiger partial charge in [-0.25, -0.2) is 0 Å². The second-order valence-corrected chi connectivity index (χ2v) is 5.72. The Labute approximate surface area is 136 Å². The van der Waals surface area contributed by atoms with Gasteiger partial charge in [0.05, 0.1) is 6.26 Å². The molecular formula is C18H14BrNO2. The molecule has 0 spiro atoms. The van der Waals surface area contributed by atoms with Gasteiger partial charge in [-0.3, -0.25) is 4.79 Å². The largest absolute Gasteiger partial charge is 0.464 e. The molecule has 22 heavy (non-hydrogen) atoms. The Morgan fingerprint density at radius 2 is 2.05 bits per heavy atom. The monoisotopic (exact) mass is 355 g/mol. The number of furan rings is 1. The average Bonchev–Trinajstić information content (AvgIpc) is 2.99. The fraction of sp³-hybridized carbons (Fsp3) is 0.0556. The maximum atomic E-state index is 11.9. The van der Waals surface area contributed by atoms with Crippen LogP contribution in [0.15, 0.2) is 69.8 Å². The lowest BCUT2D eigenvalue weighted by Crippen LogP contribution is -2.20. The number of carbonyl (C=O) groups is 1. The lowest BCUT2D eigenvalue weighted by atomic mass is 10.1. The minimum absolute atomic E-state index is 0.129. The van der Waals surface area contributed by atoms with Crippen LogP contribution in [0.25, 0.3) is 17.0 Å². The molecule has 0 aliphatic heterocycles. The molecule has 0 aliphatic rings. The van der Waals surface area contributed by atoms with Crippen molar-refractivity contribution in [1.29, 1.82) is 0 Å². The molecule has 3 rings (SSSR count). The van der Waals surface area contributed by atoms with Crippen molar-refractivity contribution >= 4 is 38.9 Å². The average molecular weight is 356 g/mol. The first-order valence-electron chi connectivity index (χ1n) is 6.89. The standard InChI is InChI=1S/C18H14BrNO2/c19-16-4-2-1-3-14(16)7-8-18(21)20-12-13-5-6-15-9-10-22-17(15)11-13/h1-11H,12H2,(H,20,21)/b8-7+. The van der Waals surface area contributed by atoms with Crippen LogP contribution in [0.3, 0.4) is 0 Å². The fourth-order valence-electron chi connectivity index (χ4n) is 2.13. The van der Waals surface area contributed by atoms with Crippen molar-refractivity contribution in [2.75, 3.05) is 0 Å². The number of rotatable bonds is 4. The second-order valence-electron chi connectivity index (χ2n) is 4.87. The van der Waals surface area contributed by atoms with Gasteiger partial charge in [-0.2, -0.15) is 0 Å².